The number of pyridine rings is 1. The molecule has 2 aliphatic heterocycles. The highest BCUT2D eigenvalue weighted by molar-refractivity contribution is 9.10. The molecule has 0 radical (unpaired) electrons. The summed E-state index contributed by atoms with van der Waals surface area (Å²) in [5.74, 6) is 0.787. The number of fused-ring (bicyclic) bond motifs is 3. The molecule has 2 N–H and O–H groups in total. The second-order valence-electron chi connectivity index (χ2n) is 6.28. The SMILES string of the molecule is O=C1c2ccccc2[C@@H]2C[C@H](Nc3ncccc3Br)[C@@H](O)CCN12. The van der Waals surface area contributed by atoms with E-state index in [1.807, 2.05) is 41.3 Å². The van der Waals surface area contributed by atoms with Crippen molar-refractivity contribution in [3.05, 3.63) is 58.2 Å². The number of anilines is 1. The van der Waals surface area contributed by atoms with Crippen molar-refractivity contribution < 1.29 is 9.90 Å². The van der Waals surface area contributed by atoms with Gasteiger partial charge in [-0.3, -0.25) is 4.79 Å². The van der Waals surface area contributed by atoms with Crippen LogP contribution in [-0.4, -0.2) is 39.6 Å². The number of amides is 1. The Bertz CT molecular complexity index is 782. The molecule has 1 saturated heterocycles. The predicted octanol–water partition coefficient (Wildman–Crippen LogP) is 2.98. The van der Waals surface area contributed by atoms with Crippen LogP contribution >= 0.6 is 15.9 Å². The molecule has 1 aromatic carbocycles. The van der Waals surface area contributed by atoms with E-state index in [-0.39, 0.29) is 18.0 Å². The van der Waals surface area contributed by atoms with Gasteiger partial charge in [0.15, 0.2) is 0 Å². The van der Waals surface area contributed by atoms with Gasteiger partial charge in [-0.25, -0.2) is 4.98 Å². The van der Waals surface area contributed by atoms with Crippen LogP contribution in [0, 0.1) is 0 Å². The van der Waals surface area contributed by atoms with Crippen molar-refractivity contribution in [3.63, 3.8) is 0 Å². The minimum atomic E-state index is -0.524. The van der Waals surface area contributed by atoms with E-state index in [0.29, 0.717) is 25.2 Å². The van der Waals surface area contributed by atoms with E-state index in [1.54, 1.807) is 6.20 Å². The summed E-state index contributed by atoms with van der Waals surface area (Å²) in [6.07, 6.45) is 2.41. The molecule has 0 spiro atoms. The number of halogens is 1. The number of nitrogens with zero attached hydrogens (tertiary/aromatic N) is 2. The maximum absolute atomic E-state index is 12.6. The van der Waals surface area contributed by atoms with E-state index in [9.17, 15) is 9.90 Å². The van der Waals surface area contributed by atoms with Crippen LogP contribution in [0.25, 0.3) is 0 Å². The number of benzene rings is 1. The van der Waals surface area contributed by atoms with Crippen LogP contribution in [0.2, 0.25) is 0 Å². The number of hydrogen-bond acceptors (Lipinski definition) is 4. The van der Waals surface area contributed by atoms with Gasteiger partial charge in [0.2, 0.25) is 0 Å². The topological polar surface area (TPSA) is 65.5 Å². The minimum Gasteiger partial charge on any atom is -0.391 e. The molecule has 6 heteroatoms. The van der Waals surface area contributed by atoms with Gasteiger partial charge in [-0.2, -0.15) is 0 Å². The zero-order chi connectivity index (χ0) is 16.7. The maximum Gasteiger partial charge on any atom is 0.254 e. The summed E-state index contributed by atoms with van der Waals surface area (Å²) in [4.78, 5) is 18.8. The van der Waals surface area contributed by atoms with E-state index in [2.05, 4.69) is 26.2 Å². The van der Waals surface area contributed by atoms with Crippen LogP contribution in [0.3, 0.4) is 0 Å². The fourth-order valence-electron chi connectivity index (χ4n) is 3.65. The van der Waals surface area contributed by atoms with Crippen LogP contribution < -0.4 is 5.32 Å². The standard InChI is InChI=1S/C18H18BrN3O2/c19-13-6-3-8-20-17(13)21-14-10-15-11-4-1-2-5-12(11)18(24)22(15)9-7-16(14)23/h1-6,8,14-16,23H,7,9-10H2,(H,20,21)/t14-,15-,16-/m0/s1. The molecule has 24 heavy (non-hydrogen) atoms. The molecule has 2 aliphatic rings. The molecule has 4 rings (SSSR count). The zero-order valence-corrected chi connectivity index (χ0v) is 14.6. The fraction of sp³-hybridized carbons (Fsp3) is 0.333. The number of aliphatic hydroxyl groups is 1. The zero-order valence-electron chi connectivity index (χ0n) is 13.0. The summed E-state index contributed by atoms with van der Waals surface area (Å²) >= 11 is 3.48. The van der Waals surface area contributed by atoms with Crippen molar-refractivity contribution in [2.75, 3.05) is 11.9 Å². The number of aromatic nitrogens is 1. The van der Waals surface area contributed by atoms with Gasteiger partial charge in [-0.1, -0.05) is 18.2 Å². The Morgan fingerprint density at radius 1 is 1.25 bits per heavy atom. The number of aliphatic hydroxyl groups excluding tert-OH is 1. The largest absolute Gasteiger partial charge is 0.391 e. The average molecular weight is 388 g/mol. The van der Waals surface area contributed by atoms with E-state index in [1.165, 1.54) is 0 Å². The third kappa shape index (κ3) is 2.59. The Hall–Kier alpha value is -1.92. The number of hydrogen-bond donors (Lipinski definition) is 2. The molecule has 124 valence electrons. The Morgan fingerprint density at radius 3 is 2.92 bits per heavy atom. The van der Waals surface area contributed by atoms with Crippen LogP contribution in [-0.2, 0) is 0 Å². The number of rotatable bonds is 2. The van der Waals surface area contributed by atoms with Gasteiger partial charge in [0.1, 0.15) is 5.82 Å². The van der Waals surface area contributed by atoms with Crippen LogP contribution in [0.4, 0.5) is 5.82 Å². The molecule has 0 saturated carbocycles. The first-order chi connectivity index (χ1) is 11.6. The number of nitrogens with one attached hydrogen (secondary N) is 1. The summed E-state index contributed by atoms with van der Waals surface area (Å²) in [6.45, 7) is 0.570. The van der Waals surface area contributed by atoms with Crippen molar-refractivity contribution in [2.24, 2.45) is 0 Å². The maximum atomic E-state index is 12.6. The lowest BCUT2D eigenvalue weighted by Crippen LogP contribution is -2.34. The molecular weight excluding hydrogens is 370 g/mol. The van der Waals surface area contributed by atoms with Gasteiger partial charge in [-0.05, 0) is 52.5 Å². The fourth-order valence-corrected chi connectivity index (χ4v) is 4.02. The molecule has 0 unspecified atom stereocenters. The minimum absolute atomic E-state index is 0.00541. The number of carbonyl (C=O) groups excluding carboxylic acids is 1. The van der Waals surface area contributed by atoms with Gasteiger partial charge in [0.25, 0.3) is 5.91 Å². The molecule has 2 aromatic rings. The quantitative estimate of drug-likeness (QED) is 0.831. The summed E-state index contributed by atoms with van der Waals surface area (Å²) in [7, 11) is 0. The van der Waals surface area contributed by atoms with Crippen molar-refractivity contribution in [3.8, 4) is 0 Å². The molecule has 1 fully saturated rings. The van der Waals surface area contributed by atoms with Gasteiger partial charge in [0.05, 0.1) is 22.7 Å². The highest BCUT2D eigenvalue weighted by Gasteiger charge is 2.41. The van der Waals surface area contributed by atoms with Crippen LogP contribution in [0.15, 0.2) is 47.1 Å². The third-order valence-corrected chi connectivity index (χ3v) is 5.52. The van der Waals surface area contributed by atoms with Crippen molar-refractivity contribution in [1.82, 2.24) is 9.88 Å². The van der Waals surface area contributed by atoms with Crippen molar-refractivity contribution in [2.45, 2.75) is 31.0 Å². The molecule has 1 aromatic heterocycles. The molecule has 3 heterocycles. The Labute approximate surface area is 148 Å². The molecule has 0 aliphatic carbocycles. The normalized spacial score (nSPS) is 25.8. The molecule has 3 atom stereocenters. The van der Waals surface area contributed by atoms with Gasteiger partial charge >= 0.3 is 0 Å². The monoisotopic (exact) mass is 387 g/mol. The van der Waals surface area contributed by atoms with Gasteiger partial charge in [0, 0.05) is 18.3 Å². The highest BCUT2D eigenvalue weighted by atomic mass is 79.9. The first-order valence-electron chi connectivity index (χ1n) is 8.10. The first kappa shape index (κ1) is 15.6. The summed E-state index contributed by atoms with van der Waals surface area (Å²) in [5.41, 5.74) is 1.85. The summed E-state index contributed by atoms with van der Waals surface area (Å²) in [5, 5.41) is 13.9. The van der Waals surface area contributed by atoms with Crippen LogP contribution in [0.1, 0.15) is 34.8 Å². The van der Waals surface area contributed by atoms with Gasteiger partial charge < -0.3 is 15.3 Å². The second kappa shape index (κ2) is 6.18. The number of carbonyl (C=O) groups is 1. The van der Waals surface area contributed by atoms with E-state index >= 15 is 0 Å². The smallest absolute Gasteiger partial charge is 0.254 e. The van der Waals surface area contributed by atoms with Crippen molar-refractivity contribution in [1.29, 1.82) is 0 Å². The predicted molar refractivity (Wildman–Crippen MR) is 94.8 cm³/mol. The Balaban J connectivity index is 1.64. The molecule has 0 bridgehead atoms. The lowest BCUT2D eigenvalue weighted by molar-refractivity contribution is 0.0724. The Morgan fingerprint density at radius 2 is 2.08 bits per heavy atom. The van der Waals surface area contributed by atoms with E-state index < -0.39 is 6.10 Å². The van der Waals surface area contributed by atoms with Crippen LogP contribution in [0.5, 0.6) is 0 Å². The second-order valence-corrected chi connectivity index (χ2v) is 7.13. The third-order valence-electron chi connectivity index (χ3n) is 4.88. The first-order valence-corrected chi connectivity index (χ1v) is 8.89. The average Bonchev–Trinajstić information content (AvgIpc) is 2.75. The lowest BCUT2D eigenvalue weighted by Gasteiger charge is -2.26. The van der Waals surface area contributed by atoms with Gasteiger partial charge in [-0.15, -0.1) is 0 Å². The summed E-state index contributed by atoms with van der Waals surface area (Å²) in [6, 6.07) is 11.4. The molecule has 1 amide bonds. The van der Waals surface area contributed by atoms with E-state index in [4.69, 9.17) is 0 Å². The highest BCUT2D eigenvalue weighted by Crippen LogP contribution is 2.39. The molecular formula is C18H18BrN3O2. The van der Waals surface area contributed by atoms with Crippen molar-refractivity contribution >= 4 is 27.7 Å². The Kier molecular flexibility index (Phi) is 4.02. The molecule has 5 nitrogen and oxygen atoms in total. The lowest BCUT2D eigenvalue weighted by atomic mass is 9.96. The van der Waals surface area contributed by atoms with E-state index in [0.717, 1.165) is 15.6 Å². The summed E-state index contributed by atoms with van der Waals surface area (Å²) < 4.78 is 0.862.